The summed E-state index contributed by atoms with van der Waals surface area (Å²) in [4.78, 5) is 11.9. The van der Waals surface area contributed by atoms with Crippen molar-refractivity contribution in [2.24, 2.45) is 20.5 Å². The van der Waals surface area contributed by atoms with Gasteiger partial charge in [-0.2, -0.15) is 28.9 Å². The van der Waals surface area contributed by atoms with Gasteiger partial charge in [-0.25, -0.2) is 0 Å². The Morgan fingerprint density at radius 1 is 1.04 bits per heavy atom. The van der Waals surface area contributed by atoms with Crippen molar-refractivity contribution in [3.05, 3.63) is 48.0 Å². The predicted molar refractivity (Wildman–Crippen MR) is 91.5 cm³/mol. The number of amides is 1. The SMILES string of the molecule is CN=Nc1cccc(C(=O)Nc2ccc(N=NC)c(S(=O)(=O)O)c2)c1. The molecule has 25 heavy (non-hydrogen) atoms. The second kappa shape index (κ2) is 7.73. The van der Waals surface area contributed by atoms with E-state index in [-0.39, 0.29) is 11.4 Å². The highest BCUT2D eigenvalue weighted by Crippen LogP contribution is 2.28. The highest BCUT2D eigenvalue weighted by Gasteiger charge is 2.17. The van der Waals surface area contributed by atoms with Gasteiger partial charge in [-0.15, -0.1) is 0 Å². The summed E-state index contributed by atoms with van der Waals surface area (Å²) in [5, 5.41) is 17.2. The molecule has 2 aromatic carbocycles. The third-order valence-corrected chi connectivity index (χ3v) is 3.91. The second-order valence-electron chi connectivity index (χ2n) is 4.76. The molecule has 0 spiro atoms. The number of carbonyl (C=O) groups is 1. The van der Waals surface area contributed by atoms with Crippen LogP contribution in [0.2, 0.25) is 0 Å². The maximum atomic E-state index is 12.3. The molecule has 0 atom stereocenters. The maximum absolute atomic E-state index is 12.3. The molecular weight excluding hydrogens is 346 g/mol. The standard InChI is InChI=1S/C15H15N5O4S/c1-16-19-12-5-3-4-10(8-12)15(21)18-11-6-7-13(20-17-2)14(9-11)25(22,23)24/h3-9H,1-2H3,(H,18,21)(H,22,23,24). The number of anilines is 1. The minimum atomic E-state index is -4.53. The lowest BCUT2D eigenvalue weighted by atomic mass is 10.2. The van der Waals surface area contributed by atoms with E-state index in [9.17, 15) is 17.8 Å². The Labute approximate surface area is 144 Å². The summed E-state index contributed by atoms with van der Waals surface area (Å²) in [5.41, 5.74) is 0.965. The fourth-order valence-electron chi connectivity index (χ4n) is 2.02. The normalized spacial score (nSPS) is 12.0. The van der Waals surface area contributed by atoms with Gasteiger partial charge in [0.05, 0.1) is 5.69 Å². The zero-order valence-electron chi connectivity index (χ0n) is 13.4. The van der Waals surface area contributed by atoms with E-state index in [2.05, 4.69) is 25.8 Å². The third kappa shape index (κ3) is 4.75. The van der Waals surface area contributed by atoms with Crippen molar-refractivity contribution in [2.45, 2.75) is 4.90 Å². The third-order valence-electron chi connectivity index (χ3n) is 3.03. The molecule has 10 heteroatoms. The Balaban J connectivity index is 2.34. The number of nitrogens with one attached hydrogen (secondary N) is 1. The van der Waals surface area contributed by atoms with Crippen LogP contribution in [0, 0.1) is 0 Å². The van der Waals surface area contributed by atoms with Crippen LogP contribution in [0.25, 0.3) is 0 Å². The second-order valence-corrected chi connectivity index (χ2v) is 6.15. The molecule has 0 fully saturated rings. The molecule has 0 saturated carbocycles. The average Bonchev–Trinajstić information content (AvgIpc) is 2.56. The minimum absolute atomic E-state index is 0.0339. The van der Waals surface area contributed by atoms with E-state index in [1.165, 1.54) is 32.3 Å². The molecule has 2 N–H and O–H groups in total. The predicted octanol–water partition coefficient (Wildman–Crippen LogP) is 3.61. The van der Waals surface area contributed by atoms with Gasteiger partial charge in [-0.3, -0.25) is 9.35 Å². The van der Waals surface area contributed by atoms with E-state index < -0.39 is 20.9 Å². The zero-order chi connectivity index (χ0) is 18.4. The highest BCUT2D eigenvalue weighted by atomic mass is 32.2. The smallest absolute Gasteiger partial charge is 0.296 e. The average molecular weight is 361 g/mol. The molecule has 0 unspecified atom stereocenters. The van der Waals surface area contributed by atoms with Gasteiger partial charge in [0.1, 0.15) is 10.6 Å². The van der Waals surface area contributed by atoms with Crippen molar-refractivity contribution >= 4 is 33.1 Å². The molecule has 0 aromatic heterocycles. The molecule has 0 saturated heterocycles. The summed E-state index contributed by atoms with van der Waals surface area (Å²) >= 11 is 0. The van der Waals surface area contributed by atoms with Gasteiger partial charge in [0.25, 0.3) is 16.0 Å². The van der Waals surface area contributed by atoms with Crippen molar-refractivity contribution in [1.29, 1.82) is 0 Å². The maximum Gasteiger partial charge on any atom is 0.296 e. The van der Waals surface area contributed by atoms with Gasteiger partial charge in [0.2, 0.25) is 0 Å². The molecular formula is C15H15N5O4S. The highest BCUT2D eigenvalue weighted by molar-refractivity contribution is 7.86. The first-order chi connectivity index (χ1) is 11.8. The van der Waals surface area contributed by atoms with Crippen molar-refractivity contribution < 1.29 is 17.8 Å². The van der Waals surface area contributed by atoms with Crippen LogP contribution < -0.4 is 5.32 Å². The number of carbonyl (C=O) groups excluding carboxylic acids is 1. The Morgan fingerprint density at radius 2 is 1.76 bits per heavy atom. The van der Waals surface area contributed by atoms with Crippen molar-refractivity contribution in [3.63, 3.8) is 0 Å². The van der Waals surface area contributed by atoms with Crippen LogP contribution in [0.5, 0.6) is 0 Å². The molecule has 0 aliphatic rings. The van der Waals surface area contributed by atoms with Crippen LogP contribution in [0.15, 0.2) is 67.8 Å². The molecule has 0 aliphatic carbocycles. The van der Waals surface area contributed by atoms with Crippen LogP contribution in [-0.2, 0) is 10.1 Å². The summed E-state index contributed by atoms with van der Waals surface area (Å²) in [6, 6.07) is 10.3. The van der Waals surface area contributed by atoms with Gasteiger partial charge in [0.15, 0.2) is 0 Å². The summed E-state index contributed by atoms with van der Waals surface area (Å²) in [7, 11) is -1.65. The first kappa shape index (κ1) is 18.4. The van der Waals surface area contributed by atoms with Gasteiger partial charge in [-0.05, 0) is 36.4 Å². The Kier molecular flexibility index (Phi) is 5.67. The largest absolute Gasteiger partial charge is 0.322 e. The minimum Gasteiger partial charge on any atom is -0.322 e. The first-order valence-electron chi connectivity index (χ1n) is 6.98. The van der Waals surface area contributed by atoms with Crippen molar-refractivity contribution in [1.82, 2.24) is 0 Å². The number of nitrogens with zero attached hydrogens (tertiary/aromatic N) is 4. The molecule has 2 aromatic rings. The quantitative estimate of drug-likeness (QED) is 0.621. The lowest BCUT2D eigenvalue weighted by Crippen LogP contribution is -2.12. The molecule has 9 nitrogen and oxygen atoms in total. The number of azo groups is 2. The molecule has 0 radical (unpaired) electrons. The molecule has 0 aliphatic heterocycles. The van der Waals surface area contributed by atoms with E-state index in [1.54, 1.807) is 18.2 Å². The lowest BCUT2D eigenvalue weighted by molar-refractivity contribution is 0.102. The van der Waals surface area contributed by atoms with Crippen LogP contribution in [0.4, 0.5) is 17.1 Å². The van der Waals surface area contributed by atoms with E-state index in [0.29, 0.717) is 11.3 Å². The fraction of sp³-hybridized carbons (Fsp3) is 0.133. The van der Waals surface area contributed by atoms with Crippen LogP contribution in [-0.4, -0.2) is 33.0 Å². The monoisotopic (exact) mass is 361 g/mol. The topological polar surface area (TPSA) is 133 Å². The van der Waals surface area contributed by atoms with E-state index in [0.717, 1.165) is 6.07 Å². The lowest BCUT2D eigenvalue weighted by Gasteiger charge is -2.08. The Bertz CT molecular complexity index is 954. The van der Waals surface area contributed by atoms with Gasteiger partial charge in [0, 0.05) is 25.3 Å². The van der Waals surface area contributed by atoms with Crippen LogP contribution >= 0.6 is 0 Å². The Morgan fingerprint density at radius 3 is 2.40 bits per heavy atom. The molecule has 1 amide bonds. The summed E-state index contributed by atoms with van der Waals surface area (Å²) < 4.78 is 32.2. The van der Waals surface area contributed by atoms with Crippen molar-refractivity contribution in [2.75, 3.05) is 19.4 Å². The number of hydrogen-bond acceptors (Lipinski definition) is 7. The zero-order valence-corrected chi connectivity index (χ0v) is 14.2. The van der Waals surface area contributed by atoms with Crippen molar-refractivity contribution in [3.8, 4) is 0 Å². The fourth-order valence-corrected chi connectivity index (χ4v) is 2.67. The number of rotatable bonds is 5. The summed E-state index contributed by atoms with van der Waals surface area (Å²) in [5.74, 6) is -0.473. The number of benzene rings is 2. The van der Waals surface area contributed by atoms with Gasteiger partial charge >= 0.3 is 0 Å². The Hall–Kier alpha value is -2.98. The summed E-state index contributed by atoms with van der Waals surface area (Å²) in [6.07, 6.45) is 0. The molecule has 0 bridgehead atoms. The van der Waals surface area contributed by atoms with E-state index in [4.69, 9.17) is 0 Å². The summed E-state index contributed by atoms with van der Waals surface area (Å²) in [6.45, 7) is 0. The van der Waals surface area contributed by atoms with Crippen LogP contribution in [0.3, 0.4) is 0 Å². The molecule has 130 valence electrons. The van der Waals surface area contributed by atoms with Gasteiger partial charge < -0.3 is 5.32 Å². The molecule has 2 rings (SSSR count). The van der Waals surface area contributed by atoms with Crippen LogP contribution in [0.1, 0.15) is 10.4 Å². The number of hydrogen-bond donors (Lipinski definition) is 2. The van der Waals surface area contributed by atoms with E-state index >= 15 is 0 Å². The first-order valence-corrected chi connectivity index (χ1v) is 8.42. The van der Waals surface area contributed by atoms with E-state index in [1.807, 2.05) is 0 Å². The molecule has 0 heterocycles. The van der Waals surface area contributed by atoms with Gasteiger partial charge in [-0.1, -0.05) is 6.07 Å².